The molecule has 2 aromatic rings. The molecule has 0 bridgehead atoms. The highest BCUT2D eigenvalue weighted by molar-refractivity contribution is 6.03. The van der Waals surface area contributed by atoms with E-state index >= 15 is 0 Å². The highest BCUT2D eigenvalue weighted by atomic mass is 16.5. The first-order chi connectivity index (χ1) is 11.3. The van der Waals surface area contributed by atoms with Crippen molar-refractivity contribution in [2.75, 3.05) is 18.5 Å². The highest BCUT2D eigenvalue weighted by Gasteiger charge is 2.10. The molecule has 0 aliphatic carbocycles. The number of anilines is 1. The second kappa shape index (κ2) is 7.83. The fourth-order valence-corrected chi connectivity index (χ4v) is 1.78. The zero-order valence-corrected chi connectivity index (χ0v) is 14.4. The van der Waals surface area contributed by atoms with Gasteiger partial charge in [-0.05, 0) is 39.8 Å². The Bertz CT molecular complexity index is 681. The van der Waals surface area contributed by atoms with Crippen LogP contribution in [0.25, 0.3) is 0 Å². The van der Waals surface area contributed by atoms with Crippen molar-refractivity contribution in [1.82, 2.24) is 15.0 Å². The molecule has 0 aliphatic rings. The van der Waals surface area contributed by atoms with E-state index in [9.17, 15) is 4.79 Å². The van der Waals surface area contributed by atoms with Gasteiger partial charge in [0.2, 0.25) is 11.8 Å². The van der Waals surface area contributed by atoms with E-state index in [1.807, 2.05) is 27.7 Å². The Morgan fingerprint density at radius 3 is 2.58 bits per heavy atom. The summed E-state index contributed by atoms with van der Waals surface area (Å²) in [5.74, 6) is 0.381. The second-order valence-corrected chi connectivity index (χ2v) is 6.17. The minimum absolute atomic E-state index is 0.198. The first-order valence-electron chi connectivity index (χ1n) is 7.67. The molecule has 7 heteroatoms. The molecule has 0 aromatic carbocycles. The average Bonchev–Trinajstić information content (AvgIpc) is 2.51. The Balaban J connectivity index is 1.86. The molecular weight excluding hydrogens is 308 g/mol. The summed E-state index contributed by atoms with van der Waals surface area (Å²) in [6.45, 7) is 8.64. The van der Waals surface area contributed by atoms with Gasteiger partial charge < -0.3 is 9.47 Å². The predicted molar refractivity (Wildman–Crippen MR) is 90.2 cm³/mol. The zero-order valence-electron chi connectivity index (χ0n) is 14.4. The van der Waals surface area contributed by atoms with Crippen LogP contribution in [0.5, 0.6) is 5.88 Å². The van der Waals surface area contributed by atoms with Gasteiger partial charge in [0.25, 0.3) is 5.91 Å². The molecule has 7 nitrogen and oxygen atoms in total. The summed E-state index contributed by atoms with van der Waals surface area (Å²) in [6.07, 6.45) is 3.04. The Hall–Kier alpha value is -2.54. The zero-order chi connectivity index (χ0) is 17.6. The van der Waals surface area contributed by atoms with Crippen molar-refractivity contribution >= 4 is 11.9 Å². The molecule has 0 unspecified atom stereocenters. The average molecular weight is 330 g/mol. The van der Waals surface area contributed by atoms with Crippen molar-refractivity contribution < 1.29 is 14.3 Å². The Kier molecular flexibility index (Phi) is 5.81. The number of nitrogens with one attached hydrogen (secondary N) is 1. The van der Waals surface area contributed by atoms with Crippen LogP contribution in [0, 0.1) is 6.92 Å². The lowest BCUT2D eigenvalue weighted by Crippen LogP contribution is -2.22. The van der Waals surface area contributed by atoms with Crippen LogP contribution in [0.1, 0.15) is 36.8 Å². The fraction of sp³-hybridized carbons (Fsp3) is 0.412. The first-order valence-corrected chi connectivity index (χ1v) is 7.67. The number of hydrogen-bond donors (Lipinski definition) is 1. The van der Waals surface area contributed by atoms with Crippen LogP contribution in [0.15, 0.2) is 30.6 Å². The van der Waals surface area contributed by atoms with Crippen molar-refractivity contribution in [3.05, 3.63) is 41.9 Å². The van der Waals surface area contributed by atoms with Crippen molar-refractivity contribution in [2.24, 2.45) is 0 Å². The largest absolute Gasteiger partial charge is 0.475 e. The van der Waals surface area contributed by atoms with Gasteiger partial charge in [-0.2, -0.15) is 0 Å². The minimum atomic E-state index is -0.323. The first kappa shape index (κ1) is 17.8. The number of aromatic nitrogens is 3. The molecule has 1 amide bonds. The van der Waals surface area contributed by atoms with Gasteiger partial charge in [0, 0.05) is 24.2 Å². The quantitative estimate of drug-likeness (QED) is 0.819. The summed E-state index contributed by atoms with van der Waals surface area (Å²) < 4.78 is 11.0. The number of aryl methyl sites for hydroxylation is 1. The predicted octanol–water partition coefficient (Wildman–Crippen LogP) is 2.63. The molecule has 0 saturated heterocycles. The maximum atomic E-state index is 12.1. The summed E-state index contributed by atoms with van der Waals surface area (Å²) in [5, 5.41) is 2.63. The topological polar surface area (TPSA) is 86.2 Å². The molecule has 0 saturated carbocycles. The molecule has 0 fully saturated rings. The Labute approximate surface area is 141 Å². The molecule has 2 heterocycles. The second-order valence-electron chi connectivity index (χ2n) is 6.17. The summed E-state index contributed by atoms with van der Waals surface area (Å²) >= 11 is 0. The van der Waals surface area contributed by atoms with Crippen LogP contribution in [0.2, 0.25) is 0 Å². The number of carbonyl (C=O) groups is 1. The number of pyridine rings is 1. The highest BCUT2D eigenvalue weighted by Crippen LogP contribution is 2.10. The van der Waals surface area contributed by atoms with E-state index < -0.39 is 0 Å². The molecule has 1 N–H and O–H groups in total. The molecular formula is C17H22N4O3. The lowest BCUT2D eigenvalue weighted by Gasteiger charge is -2.19. The molecule has 0 atom stereocenters. The van der Waals surface area contributed by atoms with Crippen molar-refractivity contribution in [2.45, 2.75) is 33.3 Å². The van der Waals surface area contributed by atoms with Gasteiger partial charge in [0.1, 0.15) is 6.61 Å². The normalized spacial score (nSPS) is 11.2. The lowest BCUT2D eigenvalue weighted by atomic mass is 10.2. The number of rotatable bonds is 6. The summed E-state index contributed by atoms with van der Waals surface area (Å²) in [6, 6.07) is 5.04. The van der Waals surface area contributed by atoms with Crippen LogP contribution in [0.4, 0.5) is 5.95 Å². The molecule has 0 aliphatic heterocycles. The molecule has 2 rings (SSSR count). The van der Waals surface area contributed by atoms with Gasteiger partial charge >= 0.3 is 0 Å². The number of hydrogen-bond acceptors (Lipinski definition) is 6. The molecule has 0 radical (unpaired) electrons. The maximum absolute atomic E-state index is 12.1. The van der Waals surface area contributed by atoms with Crippen LogP contribution >= 0.6 is 0 Å². The van der Waals surface area contributed by atoms with Gasteiger partial charge in [-0.15, -0.1) is 0 Å². The third kappa shape index (κ3) is 5.92. The van der Waals surface area contributed by atoms with Crippen molar-refractivity contribution in [3.8, 4) is 5.88 Å². The van der Waals surface area contributed by atoms with Crippen LogP contribution in [-0.4, -0.2) is 39.7 Å². The van der Waals surface area contributed by atoms with Crippen LogP contribution in [-0.2, 0) is 4.74 Å². The molecule has 24 heavy (non-hydrogen) atoms. The van der Waals surface area contributed by atoms with E-state index in [-0.39, 0.29) is 17.5 Å². The maximum Gasteiger partial charge on any atom is 0.259 e. The minimum Gasteiger partial charge on any atom is -0.475 e. The number of carbonyl (C=O) groups excluding carboxylic acids is 1. The van der Waals surface area contributed by atoms with E-state index in [0.717, 1.165) is 5.69 Å². The Morgan fingerprint density at radius 1 is 1.17 bits per heavy atom. The smallest absolute Gasteiger partial charge is 0.259 e. The van der Waals surface area contributed by atoms with Crippen LogP contribution in [0.3, 0.4) is 0 Å². The van der Waals surface area contributed by atoms with Crippen molar-refractivity contribution in [3.63, 3.8) is 0 Å². The van der Waals surface area contributed by atoms with E-state index in [4.69, 9.17) is 9.47 Å². The van der Waals surface area contributed by atoms with E-state index in [2.05, 4.69) is 20.3 Å². The summed E-state index contributed by atoms with van der Waals surface area (Å²) in [5.41, 5.74) is 0.981. The third-order valence-corrected chi connectivity index (χ3v) is 2.89. The molecule has 2 aromatic heterocycles. The van der Waals surface area contributed by atoms with Gasteiger partial charge in [-0.3, -0.25) is 10.1 Å². The molecule has 0 spiro atoms. The van der Waals surface area contributed by atoms with E-state index in [1.54, 1.807) is 24.4 Å². The fourth-order valence-electron chi connectivity index (χ4n) is 1.78. The monoisotopic (exact) mass is 330 g/mol. The number of ether oxygens (including phenoxy) is 2. The van der Waals surface area contributed by atoms with E-state index in [1.165, 1.54) is 6.20 Å². The van der Waals surface area contributed by atoms with Gasteiger partial charge in [-0.25, -0.2) is 15.0 Å². The number of amides is 1. The SMILES string of the molecule is Cc1ccnc(NC(=O)c2ccc(OCCOC(C)(C)C)nc2)n1. The number of nitrogens with zero attached hydrogens (tertiary/aromatic N) is 3. The van der Waals surface area contributed by atoms with Crippen LogP contribution < -0.4 is 10.1 Å². The standard InChI is InChI=1S/C17H22N4O3/c1-12-7-8-18-16(20-12)21-15(22)13-5-6-14(19-11-13)23-9-10-24-17(2,3)4/h5-8,11H,9-10H2,1-4H3,(H,18,20,21,22). The third-order valence-electron chi connectivity index (χ3n) is 2.89. The van der Waals surface area contributed by atoms with E-state index in [0.29, 0.717) is 24.7 Å². The van der Waals surface area contributed by atoms with Gasteiger partial charge in [-0.1, -0.05) is 0 Å². The summed E-state index contributed by atoms with van der Waals surface area (Å²) in [4.78, 5) is 24.3. The van der Waals surface area contributed by atoms with Crippen molar-refractivity contribution in [1.29, 1.82) is 0 Å². The van der Waals surface area contributed by atoms with Gasteiger partial charge in [0.05, 0.1) is 17.8 Å². The summed E-state index contributed by atoms with van der Waals surface area (Å²) in [7, 11) is 0. The lowest BCUT2D eigenvalue weighted by molar-refractivity contribution is -0.0168. The molecule has 128 valence electrons. The Morgan fingerprint density at radius 2 is 1.96 bits per heavy atom. The van der Waals surface area contributed by atoms with Gasteiger partial charge in [0.15, 0.2) is 0 Å².